The van der Waals surface area contributed by atoms with Gasteiger partial charge >= 0.3 is 0 Å². The van der Waals surface area contributed by atoms with E-state index in [1.807, 2.05) is 13.1 Å². The van der Waals surface area contributed by atoms with Crippen LogP contribution in [-0.4, -0.2) is 52.9 Å². The largest absolute Gasteiger partial charge is 0.497 e. The number of aliphatic imine (C=N–C) groups is 1. The van der Waals surface area contributed by atoms with E-state index in [1.54, 1.807) is 14.2 Å². The fourth-order valence-corrected chi connectivity index (χ4v) is 4.63. The average Bonchev–Trinajstić information content (AvgIpc) is 3.67. The zero-order valence-electron chi connectivity index (χ0n) is 18.1. The van der Waals surface area contributed by atoms with Crippen LogP contribution in [-0.2, 0) is 0 Å². The molecule has 0 bridgehead atoms. The van der Waals surface area contributed by atoms with Crippen LogP contribution >= 0.6 is 0 Å². The number of nitrogens with one attached hydrogen (secondary N) is 2. The van der Waals surface area contributed by atoms with Gasteiger partial charge in [0.05, 0.1) is 14.2 Å². The van der Waals surface area contributed by atoms with E-state index in [0.29, 0.717) is 6.04 Å². The molecule has 2 N–H and O–H groups in total. The number of ether oxygens (including phenoxy) is 2. The Labute approximate surface area is 175 Å². The Morgan fingerprint density at radius 2 is 1.59 bits per heavy atom. The molecule has 1 heterocycles. The van der Waals surface area contributed by atoms with Crippen molar-refractivity contribution in [3.05, 3.63) is 18.2 Å². The van der Waals surface area contributed by atoms with Gasteiger partial charge in [0, 0.05) is 56.6 Å². The lowest BCUT2D eigenvalue weighted by atomic mass is 9.98. The van der Waals surface area contributed by atoms with Crippen molar-refractivity contribution in [2.24, 2.45) is 22.7 Å². The zero-order chi connectivity index (χ0) is 20.2. The minimum atomic E-state index is 0.463. The first-order chi connectivity index (χ1) is 14.2. The van der Waals surface area contributed by atoms with Crippen molar-refractivity contribution in [2.75, 3.05) is 45.8 Å². The topological polar surface area (TPSA) is 58.1 Å². The van der Waals surface area contributed by atoms with Gasteiger partial charge in [-0.2, -0.15) is 0 Å². The molecule has 0 atom stereocenters. The first kappa shape index (κ1) is 20.2. The lowest BCUT2D eigenvalue weighted by Crippen LogP contribution is -2.49. The van der Waals surface area contributed by atoms with Crippen LogP contribution in [0.15, 0.2) is 23.2 Å². The van der Waals surface area contributed by atoms with Gasteiger partial charge < -0.3 is 25.0 Å². The van der Waals surface area contributed by atoms with Crippen molar-refractivity contribution in [2.45, 2.75) is 44.6 Å². The molecule has 2 saturated carbocycles. The van der Waals surface area contributed by atoms with Crippen LogP contribution in [0.2, 0.25) is 0 Å². The number of piperidine rings is 1. The molecule has 0 aromatic heterocycles. The number of anilines is 1. The standard InChI is InChI=1S/C23H36N4O2/c1-24-23(25-15-22(16-4-5-16)17-6-7-17)26-18-8-10-27(11-9-18)19-12-20(28-2)14-21(13-19)29-3/h12-14,16-18,22H,4-11,15H2,1-3H3,(H2,24,25,26). The van der Waals surface area contributed by atoms with Crippen LogP contribution in [0.25, 0.3) is 0 Å². The molecule has 29 heavy (non-hydrogen) atoms. The minimum absolute atomic E-state index is 0.463. The molecular weight excluding hydrogens is 364 g/mol. The van der Waals surface area contributed by atoms with Crippen molar-refractivity contribution in [1.29, 1.82) is 0 Å². The highest BCUT2D eigenvalue weighted by atomic mass is 16.5. The Balaban J connectivity index is 1.26. The summed E-state index contributed by atoms with van der Waals surface area (Å²) in [6.45, 7) is 3.10. The first-order valence-electron chi connectivity index (χ1n) is 11.2. The van der Waals surface area contributed by atoms with Gasteiger partial charge in [-0.1, -0.05) is 0 Å². The van der Waals surface area contributed by atoms with E-state index < -0.39 is 0 Å². The summed E-state index contributed by atoms with van der Waals surface area (Å²) >= 11 is 0. The number of guanidine groups is 1. The molecule has 0 radical (unpaired) electrons. The molecule has 6 nitrogen and oxygen atoms in total. The number of rotatable bonds is 8. The SMILES string of the molecule is CN=C(NCC(C1CC1)C1CC1)NC1CCN(c2cc(OC)cc(OC)c2)CC1. The Bertz CT molecular complexity index is 673. The second kappa shape index (κ2) is 9.14. The summed E-state index contributed by atoms with van der Waals surface area (Å²) in [7, 11) is 5.28. The summed E-state index contributed by atoms with van der Waals surface area (Å²) in [6, 6.07) is 6.56. The molecule has 2 aliphatic carbocycles. The van der Waals surface area contributed by atoms with Crippen LogP contribution in [0.1, 0.15) is 38.5 Å². The van der Waals surface area contributed by atoms with Crippen LogP contribution in [0.5, 0.6) is 11.5 Å². The third-order valence-corrected chi connectivity index (χ3v) is 6.72. The zero-order valence-corrected chi connectivity index (χ0v) is 18.1. The van der Waals surface area contributed by atoms with Gasteiger partial charge in [0.15, 0.2) is 5.96 Å². The molecular formula is C23H36N4O2. The average molecular weight is 401 g/mol. The van der Waals surface area contributed by atoms with Gasteiger partial charge in [-0.3, -0.25) is 4.99 Å². The third kappa shape index (κ3) is 5.28. The van der Waals surface area contributed by atoms with Crippen molar-refractivity contribution in [3.63, 3.8) is 0 Å². The van der Waals surface area contributed by atoms with Gasteiger partial charge in [-0.05, 0) is 56.3 Å². The van der Waals surface area contributed by atoms with Crippen LogP contribution in [0.3, 0.4) is 0 Å². The minimum Gasteiger partial charge on any atom is -0.497 e. The second-order valence-electron chi connectivity index (χ2n) is 8.77. The Morgan fingerprint density at radius 1 is 1.00 bits per heavy atom. The van der Waals surface area contributed by atoms with Crippen molar-refractivity contribution >= 4 is 11.6 Å². The second-order valence-corrected chi connectivity index (χ2v) is 8.77. The Hall–Kier alpha value is -2.11. The number of methoxy groups -OCH3 is 2. The molecule has 3 aliphatic rings. The van der Waals surface area contributed by atoms with Gasteiger partial charge in [-0.15, -0.1) is 0 Å². The molecule has 1 aromatic rings. The van der Waals surface area contributed by atoms with E-state index in [9.17, 15) is 0 Å². The third-order valence-electron chi connectivity index (χ3n) is 6.72. The summed E-state index contributed by atoms with van der Waals surface area (Å²) in [5.41, 5.74) is 1.17. The molecule has 0 amide bonds. The van der Waals surface area contributed by atoms with Crippen LogP contribution < -0.4 is 25.0 Å². The normalized spacial score (nSPS) is 20.7. The summed E-state index contributed by atoms with van der Waals surface area (Å²) in [6.07, 6.45) is 7.92. The molecule has 1 saturated heterocycles. The highest BCUT2D eigenvalue weighted by molar-refractivity contribution is 5.80. The molecule has 6 heteroatoms. The number of nitrogens with zero attached hydrogens (tertiary/aromatic N) is 2. The fourth-order valence-electron chi connectivity index (χ4n) is 4.63. The summed E-state index contributed by atoms with van der Waals surface area (Å²) in [4.78, 5) is 6.90. The summed E-state index contributed by atoms with van der Waals surface area (Å²) in [5.74, 6) is 5.44. The molecule has 1 aliphatic heterocycles. The van der Waals surface area contributed by atoms with Gasteiger partial charge in [0.1, 0.15) is 11.5 Å². The van der Waals surface area contributed by atoms with Gasteiger partial charge in [-0.25, -0.2) is 0 Å². The monoisotopic (exact) mass is 400 g/mol. The number of hydrogen-bond donors (Lipinski definition) is 2. The van der Waals surface area contributed by atoms with Crippen molar-refractivity contribution < 1.29 is 9.47 Å². The van der Waals surface area contributed by atoms with E-state index in [2.05, 4.69) is 32.7 Å². The molecule has 4 rings (SSSR count). The lowest BCUT2D eigenvalue weighted by Gasteiger charge is -2.35. The van der Waals surface area contributed by atoms with Gasteiger partial charge in [0.25, 0.3) is 0 Å². The van der Waals surface area contributed by atoms with E-state index >= 15 is 0 Å². The van der Waals surface area contributed by atoms with E-state index in [4.69, 9.17) is 9.47 Å². The maximum absolute atomic E-state index is 5.42. The van der Waals surface area contributed by atoms with Crippen LogP contribution in [0, 0.1) is 17.8 Å². The van der Waals surface area contributed by atoms with Crippen LogP contribution in [0.4, 0.5) is 5.69 Å². The highest BCUT2D eigenvalue weighted by Crippen LogP contribution is 2.48. The fraction of sp³-hybridized carbons (Fsp3) is 0.696. The molecule has 0 unspecified atom stereocenters. The van der Waals surface area contributed by atoms with Crippen molar-refractivity contribution in [1.82, 2.24) is 10.6 Å². The summed E-state index contributed by atoms with van der Waals surface area (Å²) in [5, 5.41) is 7.28. The maximum atomic E-state index is 5.42. The van der Waals surface area contributed by atoms with Gasteiger partial charge in [0.2, 0.25) is 0 Å². The molecule has 1 aromatic carbocycles. The summed E-state index contributed by atoms with van der Waals surface area (Å²) < 4.78 is 10.8. The smallest absolute Gasteiger partial charge is 0.191 e. The molecule has 0 spiro atoms. The quantitative estimate of drug-likeness (QED) is 0.518. The van der Waals surface area contributed by atoms with E-state index in [1.165, 1.54) is 31.4 Å². The lowest BCUT2D eigenvalue weighted by molar-refractivity contribution is 0.392. The molecule has 3 fully saturated rings. The predicted molar refractivity (Wildman–Crippen MR) is 118 cm³/mol. The van der Waals surface area contributed by atoms with E-state index in [0.717, 1.165) is 67.7 Å². The van der Waals surface area contributed by atoms with Crippen molar-refractivity contribution in [3.8, 4) is 11.5 Å². The highest BCUT2D eigenvalue weighted by Gasteiger charge is 2.41. The Morgan fingerprint density at radius 3 is 2.07 bits per heavy atom. The predicted octanol–water partition coefficient (Wildman–Crippen LogP) is 3.27. The maximum Gasteiger partial charge on any atom is 0.191 e. The molecule has 160 valence electrons. The van der Waals surface area contributed by atoms with E-state index in [-0.39, 0.29) is 0 Å². The number of benzene rings is 1. The first-order valence-corrected chi connectivity index (χ1v) is 11.2. The Kier molecular flexibility index (Phi) is 6.36. The number of hydrogen-bond acceptors (Lipinski definition) is 4.